The van der Waals surface area contributed by atoms with Gasteiger partial charge in [0.1, 0.15) is 0 Å². The molecule has 0 aromatic rings. The molecule has 106 valence electrons. The summed E-state index contributed by atoms with van der Waals surface area (Å²) in [6.45, 7) is 9.60. The summed E-state index contributed by atoms with van der Waals surface area (Å²) in [6, 6.07) is 0. The molecule has 0 heterocycles. The second kappa shape index (κ2) is 7.23. The lowest BCUT2D eigenvalue weighted by atomic mass is 10.4. The van der Waals surface area contributed by atoms with Crippen LogP contribution in [-0.4, -0.2) is 41.2 Å². The van der Waals surface area contributed by atoms with Crippen LogP contribution in [0, 0.1) is 5.92 Å². The van der Waals surface area contributed by atoms with E-state index in [1.807, 2.05) is 27.7 Å². The van der Waals surface area contributed by atoms with Gasteiger partial charge in [0, 0.05) is 25.4 Å². The molecule has 18 heavy (non-hydrogen) atoms. The van der Waals surface area contributed by atoms with Gasteiger partial charge in [0.05, 0.1) is 12.5 Å². The van der Waals surface area contributed by atoms with Crippen LogP contribution in [0.2, 0.25) is 5.54 Å². The van der Waals surface area contributed by atoms with Gasteiger partial charge < -0.3 is 18.0 Å². The van der Waals surface area contributed by atoms with E-state index in [1.165, 1.54) is 0 Å². The van der Waals surface area contributed by atoms with Crippen molar-refractivity contribution in [2.45, 2.75) is 39.7 Å². The molecular weight excluding hydrogens is 252 g/mol. The fourth-order valence-electron chi connectivity index (χ4n) is 2.15. The predicted molar refractivity (Wildman–Crippen MR) is 69.1 cm³/mol. The standard InChI is InChI=1S/C12H24O5Si/c1-5-14-12(13)10-9-11(10)18(15-6-2,16-7-3)17-8-4/h10-11H,5-9H2,1-4H3/t10-,11-/m1/s1. The van der Waals surface area contributed by atoms with Crippen molar-refractivity contribution >= 4 is 14.8 Å². The van der Waals surface area contributed by atoms with Crippen molar-refractivity contribution in [1.82, 2.24) is 0 Å². The van der Waals surface area contributed by atoms with Crippen LogP contribution in [0.5, 0.6) is 0 Å². The minimum absolute atomic E-state index is 0.0661. The van der Waals surface area contributed by atoms with Gasteiger partial charge in [-0.15, -0.1) is 0 Å². The van der Waals surface area contributed by atoms with E-state index < -0.39 is 8.80 Å². The van der Waals surface area contributed by atoms with Gasteiger partial charge in [-0.2, -0.15) is 0 Å². The Morgan fingerprint density at radius 3 is 1.89 bits per heavy atom. The molecule has 0 radical (unpaired) electrons. The lowest BCUT2D eigenvalue weighted by Crippen LogP contribution is -2.47. The van der Waals surface area contributed by atoms with Gasteiger partial charge in [0.2, 0.25) is 0 Å². The van der Waals surface area contributed by atoms with Gasteiger partial charge in [0.25, 0.3) is 0 Å². The first-order valence-corrected chi connectivity index (χ1v) is 8.53. The monoisotopic (exact) mass is 276 g/mol. The highest BCUT2D eigenvalue weighted by atomic mass is 28.4. The van der Waals surface area contributed by atoms with Crippen molar-refractivity contribution in [1.29, 1.82) is 0 Å². The minimum Gasteiger partial charge on any atom is -0.466 e. The quantitative estimate of drug-likeness (QED) is 0.476. The second-order valence-electron chi connectivity index (χ2n) is 4.10. The molecule has 5 nitrogen and oxygen atoms in total. The third-order valence-electron chi connectivity index (χ3n) is 2.87. The molecule has 2 atom stereocenters. The van der Waals surface area contributed by atoms with Crippen LogP contribution in [0.1, 0.15) is 34.1 Å². The molecule has 1 rings (SSSR count). The van der Waals surface area contributed by atoms with E-state index in [4.69, 9.17) is 18.0 Å². The topological polar surface area (TPSA) is 54.0 Å². The summed E-state index contributed by atoms with van der Waals surface area (Å²) in [5.41, 5.74) is 0.0661. The molecule has 0 aromatic carbocycles. The first-order valence-electron chi connectivity index (χ1n) is 6.73. The smallest absolute Gasteiger partial charge is 0.466 e. The van der Waals surface area contributed by atoms with Gasteiger partial charge in [-0.1, -0.05) is 0 Å². The van der Waals surface area contributed by atoms with E-state index in [9.17, 15) is 4.79 Å². The maximum Gasteiger partial charge on any atom is 0.505 e. The Morgan fingerprint density at radius 2 is 1.50 bits per heavy atom. The van der Waals surface area contributed by atoms with Crippen molar-refractivity contribution < 1.29 is 22.8 Å². The Morgan fingerprint density at radius 1 is 1.00 bits per heavy atom. The van der Waals surface area contributed by atoms with E-state index in [0.717, 1.165) is 6.42 Å². The Bertz CT molecular complexity index is 254. The fraction of sp³-hybridized carbons (Fsp3) is 0.917. The summed E-state index contributed by atoms with van der Waals surface area (Å²) >= 11 is 0. The summed E-state index contributed by atoms with van der Waals surface area (Å²) in [4.78, 5) is 11.7. The van der Waals surface area contributed by atoms with Crippen LogP contribution < -0.4 is 0 Å². The molecule has 0 bridgehead atoms. The van der Waals surface area contributed by atoms with Crippen LogP contribution in [0.4, 0.5) is 0 Å². The first-order chi connectivity index (χ1) is 8.65. The van der Waals surface area contributed by atoms with E-state index in [-0.39, 0.29) is 17.4 Å². The third kappa shape index (κ3) is 3.54. The second-order valence-corrected chi connectivity index (χ2v) is 6.92. The van der Waals surface area contributed by atoms with E-state index in [1.54, 1.807) is 0 Å². The predicted octanol–water partition coefficient (Wildman–Crippen LogP) is 1.99. The van der Waals surface area contributed by atoms with Gasteiger partial charge in [0.15, 0.2) is 0 Å². The first kappa shape index (κ1) is 15.6. The van der Waals surface area contributed by atoms with Crippen molar-refractivity contribution in [3.63, 3.8) is 0 Å². The van der Waals surface area contributed by atoms with Crippen LogP contribution in [0.25, 0.3) is 0 Å². The molecule has 1 aliphatic carbocycles. The van der Waals surface area contributed by atoms with E-state index >= 15 is 0 Å². The number of ether oxygens (including phenoxy) is 1. The average molecular weight is 276 g/mol. The van der Waals surface area contributed by atoms with Crippen molar-refractivity contribution in [2.24, 2.45) is 5.92 Å². The van der Waals surface area contributed by atoms with Crippen molar-refractivity contribution in [2.75, 3.05) is 26.4 Å². The molecule has 1 saturated carbocycles. The Kier molecular flexibility index (Phi) is 6.27. The molecule has 0 aliphatic heterocycles. The highest BCUT2D eigenvalue weighted by Gasteiger charge is 2.64. The number of hydrogen-bond acceptors (Lipinski definition) is 5. The molecule has 6 heteroatoms. The summed E-state index contributed by atoms with van der Waals surface area (Å²) in [6.07, 6.45) is 0.755. The zero-order valence-electron chi connectivity index (χ0n) is 11.7. The van der Waals surface area contributed by atoms with Gasteiger partial charge in [-0.05, 0) is 34.1 Å². The largest absolute Gasteiger partial charge is 0.505 e. The van der Waals surface area contributed by atoms with Crippen LogP contribution in [0.3, 0.4) is 0 Å². The maximum absolute atomic E-state index is 11.7. The van der Waals surface area contributed by atoms with Crippen LogP contribution in [0.15, 0.2) is 0 Å². The number of carbonyl (C=O) groups is 1. The molecule has 0 saturated heterocycles. The summed E-state index contributed by atoms with van der Waals surface area (Å²) in [5, 5.41) is 0. The SMILES string of the molecule is CCOC(=O)[C@@H]1C[C@H]1[Si](OCC)(OCC)OCC. The zero-order chi connectivity index (χ0) is 13.6. The molecule has 1 fully saturated rings. The maximum atomic E-state index is 11.7. The van der Waals surface area contributed by atoms with Crippen molar-refractivity contribution in [3.05, 3.63) is 0 Å². The number of hydrogen-bond donors (Lipinski definition) is 0. The highest BCUT2D eigenvalue weighted by molar-refractivity contribution is 6.64. The van der Waals surface area contributed by atoms with Gasteiger partial charge in [-0.3, -0.25) is 4.79 Å². The molecule has 0 N–H and O–H groups in total. The lowest BCUT2D eigenvalue weighted by Gasteiger charge is -2.28. The molecular formula is C12H24O5Si. The molecule has 0 unspecified atom stereocenters. The molecule has 0 aromatic heterocycles. The highest BCUT2D eigenvalue weighted by Crippen LogP contribution is 2.53. The molecule has 0 spiro atoms. The Hall–Kier alpha value is -0.433. The summed E-state index contributed by atoms with van der Waals surface area (Å²) in [5.74, 6) is -0.264. The number of carbonyl (C=O) groups excluding carboxylic acids is 1. The summed E-state index contributed by atoms with van der Waals surface area (Å²) < 4.78 is 22.4. The number of esters is 1. The average Bonchev–Trinajstić information content (AvgIpc) is 3.10. The summed E-state index contributed by atoms with van der Waals surface area (Å²) in [7, 11) is -2.72. The normalized spacial score (nSPS) is 22.9. The van der Waals surface area contributed by atoms with Crippen molar-refractivity contribution in [3.8, 4) is 0 Å². The third-order valence-corrected chi connectivity index (χ3v) is 6.49. The minimum atomic E-state index is -2.72. The molecule has 1 aliphatic rings. The zero-order valence-corrected chi connectivity index (χ0v) is 12.7. The van der Waals surface area contributed by atoms with Crippen LogP contribution in [-0.2, 0) is 22.8 Å². The van der Waals surface area contributed by atoms with Gasteiger partial charge >= 0.3 is 14.8 Å². The lowest BCUT2D eigenvalue weighted by molar-refractivity contribution is -0.144. The van der Waals surface area contributed by atoms with Gasteiger partial charge in [-0.25, -0.2) is 0 Å². The van der Waals surface area contributed by atoms with E-state index in [0.29, 0.717) is 26.4 Å². The number of rotatable bonds is 9. The Balaban J connectivity index is 2.69. The molecule has 0 amide bonds. The van der Waals surface area contributed by atoms with Crippen LogP contribution >= 0.6 is 0 Å². The Labute approximate surface area is 110 Å². The van der Waals surface area contributed by atoms with E-state index in [2.05, 4.69) is 0 Å². The fourth-order valence-corrected chi connectivity index (χ4v) is 5.42.